The summed E-state index contributed by atoms with van der Waals surface area (Å²) in [5, 5.41) is 10.6. The standard InChI is InChI=1S/C81H142O17P2/c1-5-9-13-17-21-25-29-33-36-37-40-44-48-52-56-60-64-68-81(86)98-76(71-91-78(83)65-61-57-53-49-45-41-32-28-24-20-16-12-8-4)73-95-99(87,88)93-69-75(82)70-94-100(89,90)96-74-77(97-80(85)67-63-59-55-51-47-43-39-35-31-27-23-19-15-11-7-3)72-92-79(84)66-62-58-54-50-46-42-38-34-30-26-22-18-14-10-6-2/h21,25-26,28,30,32-36,38-40,44,52,56,75-77,82H,5-20,22-24,27,29,31,37,41-43,45-51,53-55,57-74H2,1-4H3,(H,87,88)(H,89,90)/b25-21-,30-26-,32-28-,36-33-,38-34-,39-35-,44-40-,56-52-/t75-,76+,77+/m0/s1. The average Bonchev–Trinajstić information content (AvgIpc) is 1.13. The maximum Gasteiger partial charge on any atom is 0.472 e. The molecular formula is C81H142O17P2. The topological polar surface area (TPSA) is 237 Å². The molecule has 0 saturated heterocycles. The molecular weight excluding hydrogens is 1310 g/mol. The van der Waals surface area contributed by atoms with Crippen LogP contribution in [0.25, 0.3) is 0 Å². The summed E-state index contributed by atoms with van der Waals surface area (Å²) < 4.78 is 68.5. The highest BCUT2D eigenvalue weighted by Crippen LogP contribution is 2.45. The molecule has 0 aromatic carbocycles. The van der Waals surface area contributed by atoms with E-state index in [1.165, 1.54) is 109 Å². The monoisotopic (exact) mass is 1450 g/mol. The van der Waals surface area contributed by atoms with Gasteiger partial charge < -0.3 is 33.8 Å². The molecule has 0 fully saturated rings. The highest BCUT2D eigenvalue weighted by molar-refractivity contribution is 7.47. The fourth-order valence-electron chi connectivity index (χ4n) is 10.4. The molecule has 100 heavy (non-hydrogen) atoms. The molecule has 0 aliphatic carbocycles. The van der Waals surface area contributed by atoms with Gasteiger partial charge in [0.2, 0.25) is 0 Å². The maximum absolute atomic E-state index is 13.1. The number of unbranched alkanes of at least 4 members (excludes halogenated alkanes) is 33. The summed E-state index contributed by atoms with van der Waals surface area (Å²) in [6.07, 6.45) is 76.8. The van der Waals surface area contributed by atoms with Crippen LogP contribution in [0.15, 0.2) is 97.2 Å². The molecule has 0 heterocycles. The summed E-state index contributed by atoms with van der Waals surface area (Å²) in [6, 6.07) is 0. The van der Waals surface area contributed by atoms with Gasteiger partial charge in [-0.25, -0.2) is 9.13 Å². The number of esters is 4. The molecule has 0 saturated carbocycles. The van der Waals surface area contributed by atoms with Gasteiger partial charge in [0.25, 0.3) is 0 Å². The molecule has 0 aromatic rings. The van der Waals surface area contributed by atoms with E-state index < -0.39 is 97.5 Å². The van der Waals surface area contributed by atoms with Gasteiger partial charge in [-0.15, -0.1) is 0 Å². The predicted molar refractivity (Wildman–Crippen MR) is 409 cm³/mol. The van der Waals surface area contributed by atoms with Gasteiger partial charge >= 0.3 is 39.5 Å². The van der Waals surface area contributed by atoms with Crippen molar-refractivity contribution < 1.29 is 80.2 Å². The van der Waals surface area contributed by atoms with Crippen molar-refractivity contribution in [1.82, 2.24) is 0 Å². The molecule has 3 N–H and O–H groups in total. The lowest BCUT2D eigenvalue weighted by atomic mass is 10.1. The van der Waals surface area contributed by atoms with E-state index >= 15 is 0 Å². The van der Waals surface area contributed by atoms with Crippen LogP contribution in [0.2, 0.25) is 0 Å². The third-order valence-corrected chi connectivity index (χ3v) is 18.4. The van der Waals surface area contributed by atoms with Crippen molar-refractivity contribution in [2.75, 3.05) is 39.6 Å². The first-order chi connectivity index (χ1) is 48.7. The third kappa shape index (κ3) is 72.3. The molecule has 578 valence electrons. The van der Waals surface area contributed by atoms with Crippen molar-refractivity contribution in [1.29, 1.82) is 0 Å². The Morgan fingerprint density at radius 2 is 0.530 bits per heavy atom. The zero-order chi connectivity index (χ0) is 73.2. The van der Waals surface area contributed by atoms with Gasteiger partial charge in [-0.1, -0.05) is 266 Å². The number of carbonyl (C=O) groups excluding carboxylic acids is 4. The molecule has 0 radical (unpaired) electrons. The number of ether oxygens (including phenoxy) is 4. The van der Waals surface area contributed by atoms with Crippen LogP contribution in [0, 0.1) is 0 Å². The van der Waals surface area contributed by atoms with Crippen LogP contribution in [-0.2, 0) is 65.4 Å². The molecule has 0 rings (SSSR count). The molecule has 19 heteroatoms. The number of phosphoric ester groups is 2. The number of hydrogen-bond acceptors (Lipinski definition) is 15. The van der Waals surface area contributed by atoms with Crippen molar-refractivity contribution in [3.8, 4) is 0 Å². The Hall–Kier alpha value is -4.02. The van der Waals surface area contributed by atoms with E-state index in [9.17, 15) is 43.2 Å². The Kier molecular flexibility index (Phi) is 70.4. The fourth-order valence-corrected chi connectivity index (χ4v) is 12.0. The van der Waals surface area contributed by atoms with E-state index in [2.05, 4.69) is 113 Å². The van der Waals surface area contributed by atoms with Gasteiger partial charge in [0.15, 0.2) is 12.2 Å². The van der Waals surface area contributed by atoms with Gasteiger partial charge in [0.1, 0.15) is 19.3 Å². The lowest BCUT2D eigenvalue weighted by molar-refractivity contribution is -0.161. The Bertz CT molecular complexity index is 2270. The van der Waals surface area contributed by atoms with Gasteiger partial charge in [0, 0.05) is 25.7 Å². The van der Waals surface area contributed by atoms with E-state index in [1.807, 2.05) is 12.2 Å². The molecule has 0 aliphatic rings. The van der Waals surface area contributed by atoms with Crippen molar-refractivity contribution in [3.63, 3.8) is 0 Å². The minimum absolute atomic E-state index is 0.0175. The van der Waals surface area contributed by atoms with Gasteiger partial charge in [-0.05, 0) is 141 Å². The van der Waals surface area contributed by atoms with Crippen LogP contribution in [0.3, 0.4) is 0 Å². The van der Waals surface area contributed by atoms with Crippen LogP contribution >= 0.6 is 15.6 Å². The summed E-state index contributed by atoms with van der Waals surface area (Å²) in [5.74, 6) is -2.26. The van der Waals surface area contributed by atoms with E-state index in [1.54, 1.807) is 0 Å². The van der Waals surface area contributed by atoms with E-state index in [0.29, 0.717) is 32.1 Å². The minimum Gasteiger partial charge on any atom is -0.462 e. The molecule has 0 bridgehead atoms. The highest BCUT2D eigenvalue weighted by Gasteiger charge is 2.30. The SMILES string of the molecule is CCCCC/C=C\C/C=C\C/C=C\C/C=C\CCCC(=O)O[C@H](COC(=O)CCCCCCC/C=C\CCCCCC)COP(=O)(O)OC[C@H](O)COP(=O)(O)OC[C@@H](COC(=O)CCCCCCC/C=C\C=C/CCCCCC)OC(=O)CCCCCCC/C=C\CCCCCCCC. The summed E-state index contributed by atoms with van der Waals surface area (Å²) in [7, 11) is -9.97. The fraction of sp³-hybridized carbons (Fsp3) is 0.753. The summed E-state index contributed by atoms with van der Waals surface area (Å²) >= 11 is 0. The summed E-state index contributed by atoms with van der Waals surface area (Å²) in [4.78, 5) is 72.9. The number of rotatable bonds is 74. The number of phosphoric acid groups is 2. The van der Waals surface area contributed by atoms with E-state index in [-0.39, 0.29) is 25.7 Å². The Labute approximate surface area is 607 Å². The van der Waals surface area contributed by atoms with Crippen molar-refractivity contribution >= 4 is 39.5 Å². The predicted octanol–water partition coefficient (Wildman–Crippen LogP) is 22.8. The number of allylic oxidation sites excluding steroid dienone is 16. The normalized spacial score (nSPS) is 14.4. The number of carbonyl (C=O) groups is 4. The van der Waals surface area contributed by atoms with Crippen molar-refractivity contribution in [2.24, 2.45) is 0 Å². The second-order valence-electron chi connectivity index (χ2n) is 26.3. The van der Waals surface area contributed by atoms with E-state index in [4.69, 9.17) is 37.0 Å². The van der Waals surface area contributed by atoms with Crippen LogP contribution in [0.1, 0.15) is 336 Å². The van der Waals surface area contributed by atoms with Crippen LogP contribution in [-0.4, -0.2) is 96.7 Å². The van der Waals surface area contributed by atoms with Crippen molar-refractivity contribution in [3.05, 3.63) is 97.2 Å². The third-order valence-electron chi connectivity index (χ3n) is 16.5. The average molecular weight is 1450 g/mol. The first-order valence-corrected chi connectivity index (χ1v) is 42.5. The summed E-state index contributed by atoms with van der Waals surface area (Å²) in [6.45, 7) is 4.73. The number of aliphatic hydroxyl groups is 1. The maximum atomic E-state index is 13.1. The molecule has 0 amide bonds. The quantitative estimate of drug-likeness (QED) is 0.0128. The van der Waals surface area contributed by atoms with Gasteiger partial charge in [0.05, 0.1) is 26.4 Å². The zero-order valence-corrected chi connectivity index (χ0v) is 64.9. The molecule has 2 unspecified atom stereocenters. The Balaban J connectivity index is 5.42. The first kappa shape index (κ1) is 96.0. The lowest BCUT2D eigenvalue weighted by Crippen LogP contribution is -2.30. The Morgan fingerprint density at radius 1 is 0.290 bits per heavy atom. The zero-order valence-electron chi connectivity index (χ0n) is 63.1. The molecule has 17 nitrogen and oxygen atoms in total. The minimum atomic E-state index is -4.99. The van der Waals surface area contributed by atoms with Crippen LogP contribution < -0.4 is 0 Å². The van der Waals surface area contributed by atoms with E-state index in [0.717, 1.165) is 141 Å². The molecule has 0 aromatic heterocycles. The lowest BCUT2D eigenvalue weighted by Gasteiger charge is -2.21. The van der Waals surface area contributed by atoms with Gasteiger partial charge in [-0.3, -0.25) is 37.3 Å². The van der Waals surface area contributed by atoms with Crippen LogP contribution in [0.4, 0.5) is 0 Å². The second-order valence-corrected chi connectivity index (χ2v) is 29.2. The smallest absolute Gasteiger partial charge is 0.462 e. The Morgan fingerprint density at radius 3 is 0.890 bits per heavy atom. The number of hydrogen-bond donors (Lipinski definition) is 3. The molecule has 5 atom stereocenters. The molecule has 0 aliphatic heterocycles. The largest absolute Gasteiger partial charge is 0.472 e. The number of aliphatic hydroxyl groups excluding tert-OH is 1. The van der Waals surface area contributed by atoms with Crippen LogP contribution in [0.5, 0.6) is 0 Å². The van der Waals surface area contributed by atoms with Crippen molar-refractivity contribution in [2.45, 2.75) is 354 Å². The van der Waals surface area contributed by atoms with Gasteiger partial charge in [-0.2, -0.15) is 0 Å². The summed E-state index contributed by atoms with van der Waals surface area (Å²) in [5.41, 5.74) is 0. The highest BCUT2D eigenvalue weighted by atomic mass is 31.2. The molecule has 0 spiro atoms. The first-order valence-electron chi connectivity index (χ1n) is 39.5. The second kappa shape index (κ2) is 73.3.